The molecule has 96 valence electrons. The molecule has 0 spiro atoms. The summed E-state index contributed by atoms with van der Waals surface area (Å²) < 4.78 is 0. The highest BCUT2D eigenvalue weighted by Gasteiger charge is 2.35. The normalized spacial score (nSPS) is 40.9. The molecule has 0 aromatic carbocycles. The molecule has 2 N–H and O–H groups in total. The highest BCUT2D eigenvalue weighted by molar-refractivity contribution is 5.76. The van der Waals surface area contributed by atoms with Crippen molar-refractivity contribution in [2.24, 2.45) is 5.92 Å². The van der Waals surface area contributed by atoms with Crippen LogP contribution in [0, 0.1) is 5.92 Å². The predicted molar refractivity (Wildman–Crippen MR) is 64.5 cm³/mol. The quantitative estimate of drug-likeness (QED) is 0.736. The molecule has 17 heavy (non-hydrogen) atoms. The first-order valence-electron chi connectivity index (χ1n) is 6.92. The number of likely N-dealkylation sites (tertiary alicyclic amines) is 1. The van der Waals surface area contributed by atoms with Gasteiger partial charge in [0.2, 0.25) is 5.91 Å². The van der Waals surface area contributed by atoms with E-state index in [4.69, 9.17) is 0 Å². The van der Waals surface area contributed by atoms with Gasteiger partial charge in [0.05, 0.1) is 6.10 Å². The predicted octanol–water partition coefficient (Wildman–Crippen LogP) is 0.500. The summed E-state index contributed by atoms with van der Waals surface area (Å²) in [5.74, 6) is 0.826. The molecule has 3 fully saturated rings. The zero-order valence-corrected chi connectivity index (χ0v) is 10.3. The van der Waals surface area contributed by atoms with Crippen LogP contribution >= 0.6 is 0 Å². The van der Waals surface area contributed by atoms with Gasteiger partial charge in [0.1, 0.15) is 0 Å². The van der Waals surface area contributed by atoms with E-state index in [-0.39, 0.29) is 12.0 Å². The summed E-state index contributed by atoms with van der Waals surface area (Å²) in [4.78, 5) is 13.9. The van der Waals surface area contributed by atoms with E-state index >= 15 is 0 Å². The number of fused-ring (bicyclic) bond motifs is 2. The second-order valence-electron chi connectivity index (χ2n) is 5.96. The molecule has 1 amide bonds. The molecule has 0 aliphatic carbocycles. The maximum atomic E-state index is 12.1. The van der Waals surface area contributed by atoms with Crippen LogP contribution in [0.15, 0.2) is 0 Å². The number of carbonyl (C=O) groups is 1. The zero-order valence-electron chi connectivity index (χ0n) is 10.3. The van der Waals surface area contributed by atoms with Gasteiger partial charge >= 0.3 is 0 Å². The topological polar surface area (TPSA) is 52.6 Å². The van der Waals surface area contributed by atoms with Crippen LogP contribution in [-0.4, -0.2) is 47.2 Å². The molecule has 0 saturated carbocycles. The van der Waals surface area contributed by atoms with E-state index in [1.165, 1.54) is 25.7 Å². The zero-order chi connectivity index (χ0) is 11.8. The summed E-state index contributed by atoms with van der Waals surface area (Å²) in [5, 5.41) is 13.0. The van der Waals surface area contributed by atoms with E-state index in [0.717, 1.165) is 13.0 Å². The van der Waals surface area contributed by atoms with Crippen LogP contribution in [0.25, 0.3) is 0 Å². The Balaban J connectivity index is 1.51. The van der Waals surface area contributed by atoms with E-state index < -0.39 is 0 Å². The Bertz CT molecular complexity index is 296. The highest BCUT2D eigenvalue weighted by Crippen LogP contribution is 2.33. The van der Waals surface area contributed by atoms with Gasteiger partial charge in [-0.15, -0.1) is 0 Å². The van der Waals surface area contributed by atoms with Gasteiger partial charge in [0.25, 0.3) is 0 Å². The number of aliphatic hydroxyl groups is 1. The molecule has 3 aliphatic rings. The van der Waals surface area contributed by atoms with Crippen molar-refractivity contribution in [3.8, 4) is 0 Å². The fourth-order valence-electron chi connectivity index (χ4n) is 3.69. The largest absolute Gasteiger partial charge is 0.391 e. The third-order valence-corrected chi connectivity index (χ3v) is 4.55. The molecular formula is C13H22N2O2. The van der Waals surface area contributed by atoms with Crippen molar-refractivity contribution in [1.29, 1.82) is 0 Å². The van der Waals surface area contributed by atoms with Crippen LogP contribution in [0.2, 0.25) is 0 Å². The average molecular weight is 238 g/mol. The Morgan fingerprint density at radius 3 is 2.53 bits per heavy atom. The third kappa shape index (κ3) is 2.47. The first kappa shape index (κ1) is 11.5. The lowest BCUT2D eigenvalue weighted by Gasteiger charge is -2.29. The molecule has 3 rings (SSSR count). The van der Waals surface area contributed by atoms with Gasteiger partial charge < -0.3 is 15.3 Å². The molecule has 4 nitrogen and oxygen atoms in total. The summed E-state index contributed by atoms with van der Waals surface area (Å²) in [5.41, 5.74) is 0. The van der Waals surface area contributed by atoms with Crippen LogP contribution in [0.5, 0.6) is 0 Å². The number of β-amino-alcohol motifs (C(OH)–C–C–N with tert-alkyl or cyclic N) is 1. The van der Waals surface area contributed by atoms with Gasteiger partial charge in [-0.3, -0.25) is 4.79 Å². The van der Waals surface area contributed by atoms with Gasteiger partial charge in [-0.2, -0.15) is 0 Å². The Labute approximate surface area is 102 Å². The van der Waals surface area contributed by atoms with Gasteiger partial charge in [0.15, 0.2) is 0 Å². The first-order chi connectivity index (χ1) is 8.20. The Morgan fingerprint density at radius 2 is 1.94 bits per heavy atom. The molecule has 3 heterocycles. The number of hydrogen-bond acceptors (Lipinski definition) is 3. The molecule has 3 aliphatic heterocycles. The Morgan fingerprint density at radius 1 is 1.24 bits per heavy atom. The van der Waals surface area contributed by atoms with E-state index in [0.29, 0.717) is 31.0 Å². The van der Waals surface area contributed by atoms with Gasteiger partial charge in [0, 0.05) is 31.6 Å². The van der Waals surface area contributed by atoms with Crippen LogP contribution in [-0.2, 0) is 4.79 Å². The smallest absolute Gasteiger partial charge is 0.222 e. The molecule has 2 bridgehead atoms. The number of piperidine rings is 1. The number of aliphatic hydroxyl groups excluding tert-OH is 1. The summed E-state index contributed by atoms with van der Waals surface area (Å²) in [7, 11) is 0. The summed E-state index contributed by atoms with van der Waals surface area (Å²) in [6.07, 6.45) is 6.07. The van der Waals surface area contributed by atoms with Crippen molar-refractivity contribution < 1.29 is 9.90 Å². The van der Waals surface area contributed by atoms with Gasteiger partial charge in [-0.05, 0) is 38.0 Å². The molecule has 0 aromatic heterocycles. The Hall–Kier alpha value is -0.610. The van der Waals surface area contributed by atoms with E-state index in [1.807, 2.05) is 4.90 Å². The van der Waals surface area contributed by atoms with E-state index in [9.17, 15) is 9.90 Å². The summed E-state index contributed by atoms with van der Waals surface area (Å²) in [6, 6.07) is 1.33. The fourth-order valence-corrected chi connectivity index (χ4v) is 3.69. The second-order valence-corrected chi connectivity index (χ2v) is 5.96. The number of hydrogen-bond donors (Lipinski definition) is 2. The van der Waals surface area contributed by atoms with Crippen molar-refractivity contribution in [2.75, 3.05) is 13.1 Å². The second kappa shape index (κ2) is 4.58. The first-order valence-corrected chi connectivity index (χ1v) is 6.92. The van der Waals surface area contributed by atoms with Crippen molar-refractivity contribution in [3.63, 3.8) is 0 Å². The maximum Gasteiger partial charge on any atom is 0.222 e. The molecule has 4 heteroatoms. The minimum absolute atomic E-state index is 0.257. The minimum atomic E-state index is -0.289. The minimum Gasteiger partial charge on any atom is -0.391 e. The standard InChI is InChI=1S/C13H22N2O2/c16-12-3-4-15(8-12)13(17)7-9-5-10-1-2-11(6-9)14-10/h9-12,14,16H,1-8H2. The average Bonchev–Trinajstić information content (AvgIpc) is 2.85. The van der Waals surface area contributed by atoms with E-state index in [2.05, 4.69) is 5.32 Å². The number of rotatable bonds is 2. The van der Waals surface area contributed by atoms with Gasteiger partial charge in [-0.25, -0.2) is 0 Å². The lowest BCUT2D eigenvalue weighted by atomic mass is 9.89. The molecule has 3 atom stereocenters. The third-order valence-electron chi connectivity index (χ3n) is 4.55. The molecule has 3 unspecified atom stereocenters. The molecule has 0 aromatic rings. The van der Waals surface area contributed by atoms with Crippen LogP contribution in [0.4, 0.5) is 0 Å². The maximum absolute atomic E-state index is 12.1. The van der Waals surface area contributed by atoms with Crippen LogP contribution in [0.1, 0.15) is 38.5 Å². The lowest BCUT2D eigenvalue weighted by Crippen LogP contribution is -2.40. The fraction of sp³-hybridized carbons (Fsp3) is 0.923. The molecular weight excluding hydrogens is 216 g/mol. The molecule has 0 radical (unpaired) electrons. The van der Waals surface area contributed by atoms with Crippen molar-refractivity contribution in [1.82, 2.24) is 10.2 Å². The number of nitrogens with one attached hydrogen (secondary N) is 1. The number of carbonyl (C=O) groups excluding carboxylic acids is 1. The van der Waals surface area contributed by atoms with Crippen molar-refractivity contribution in [2.45, 2.75) is 56.7 Å². The van der Waals surface area contributed by atoms with Crippen molar-refractivity contribution >= 4 is 5.91 Å². The highest BCUT2D eigenvalue weighted by atomic mass is 16.3. The summed E-state index contributed by atoms with van der Waals surface area (Å²) >= 11 is 0. The monoisotopic (exact) mass is 238 g/mol. The van der Waals surface area contributed by atoms with Crippen LogP contribution < -0.4 is 5.32 Å². The molecule has 3 saturated heterocycles. The lowest BCUT2D eigenvalue weighted by molar-refractivity contribution is -0.131. The van der Waals surface area contributed by atoms with E-state index in [1.54, 1.807) is 0 Å². The number of amides is 1. The number of nitrogens with zero attached hydrogens (tertiary/aromatic N) is 1. The summed E-state index contributed by atoms with van der Waals surface area (Å²) in [6.45, 7) is 1.30. The van der Waals surface area contributed by atoms with Gasteiger partial charge in [-0.1, -0.05) is 0 Å². The Kier molecular flexibility index (Phi) is 3.09. The van der Waals surface area contributed by atoms with Crippen molar-refractivity contribution in [3.05, 3.63) is 0 Å². The van der Waals surface area contributed by atoms with Crippen LogP contribution in [0.3, 0.4) is 0 Å². The SMILES string of the molecule is O=C(CC1CC2CCC(C1)N2)N1CCC(O)C1.